The Morgan fingerprint density at radius 1 is 1.32 bits per heavy atom. The van der Waals surface area contributed by atoms with E-state index in [2.05, 4.69) is 5.10 Å². The van der Waals surface area contributed by atoms with Crippen molar-refractivity contribution in [2.45, 2.75) is 12.5 Å². The van der Waals surface area contributed by atoms with Crippen LogP contribution < -0.4 is 0 Å². The van der Waals surface area contributed by atoms with Gasteiger partial charge in [0.25, 0.3) is 5.91 Å². The first-order valence-electron chi connectivity index (χ1n) is 8.24. The fraction of sp³-hybridized carbons (Fsp3) is 0.500. The van der Waals surface area contributed by atoms with Gasteiger partial charge in [-0.3, -0.25) is 9.48 Å². The van der Waals surface area contributed by atoms with E-state index in [1.165, 1.54) is 0 Å². The maximum absolute atomic E-state index is 12.8. The summed E-state index contributed by atoms with van der Waals surface area (Å²) in [6.07, 6.45) is 0.535. The highest BCUT2D eigenvalue weighted by Gasteiger charge is 2.33. The molecule has 2 aromatic rings. The number of rotatable bonds is 3. The number of amides is 1. The molecule has 1 unspecified atom stereocenters. The summed E-state index contributed by atoms with van der Waals surface area (Å²) in [6, 6.07) is 5.47. The van der Waals surface area contributed by atoms with Crippen LogP contribution >= 0.6 is 11.3 Å². The molecular formula is C16H19N3O4S2. The maximum atomic E-state index is 12.8. The van der Waals surface area contributed by atoms with E-state index in [4.69, 9.17) is 4.74 Å². The molecule has 2 fully saturated rings. The smallest absolute Gasteiger partial charge is 0.274 e. The lowest BCUT2D eigenvalue weighted by atomic mass is 10.2. The molecule has 0 spiro atoms. The van der Waals surface area contributed by atoms with Gasteiger partial charge in [0.15, 0.2) is 15.5 Å². The molecule has 4 heterocycles. The quantitative estimate of drug-likeness (QED) is 0.804. The zero-order chi connectivity index (χ0) is 17.4. The highest BCUT2D eigenvalue weighted by atomic mass is 32.2. The van der Waals surface area contributed by atoms with Crippen LogP contribution in [0.25, 0.3) is 10.6 Å². The molecule has 0 N–H and O–H groups in total. The number of sulfone groups is 1. The van der Waals surface area contributed by atoms with Crippen LogP contribution in [0.15, 0.2) is 23.6 Å². The van der Waals surface area contributed by atoms with Crippen molar-refractivity contribution in [2.75, 3.05) is 37.8 Å². The van der Waals surface area contributed by atoms with Crippen LogP contribution in [0.3, 0.4) is 0 Å². The summed E-state index contributed by atoms with van der Waals surface area (Å²) < 4.78 is 30.8. The van der Waals surface area contributed by atoms with E-state index in [1.54, 1.807) is 27.0 Å². The summed E-state index contributed by atoms with van der Waals surface area (Å²) in [4.78, 5) is 15.5. The summed E-state index contributed by atoms with van der Waals surface area (Å²) in [7, 11) is -3.03. The van der Waals surface area contributed by atoms with E-state index >= 15 is 0 Å². The lowest BCUT2D eigenvalue weighted by Gasteiger charge is -2.25. The molecule has 2 aliphatic rings. The molecule has 2 aliphatic heterocycles. The number of nitrogens with zero attached hydrogens (tertiary/aromatic N) is 3. The second kappa shape index (κ2) is 6.54. The molecule has 7 nitrogen and oxygen atoms in total. The van der Waals surface area contributed by atoms with Crippen LogP contribution in [0.4, 0.5) is 0 Å². The standard InChI is InChI=1S/C16H19N3O4S2/c20-16(18-4-6-23-7-5-18)13-10-14(15-2-1-8-24-15)19(17-13)12-3-9-25(21,22)11-12/h1-2,8,10,12H,3-7,9,11H2. The number of morpholine rings is 1. The predicted octanol–water partition coefficient (Wildman–Crippen LogP) is 1.44. The number of carbonyl (C=O) groups is 1. The van der Waals surface area contributed by atoms with E-state index in [9.17, 15) is 13.2 Å². The number of carbonyl (C=O) groups excluding carboxylic acids is 1. The number of hydrogen-bond donors (Lipinski definition) is 0. The Hall–Kier alpha value is -1.71. The predicted molar refractivity (Wildman–Crippen MR) is 94.6 cm³/mol. The topological polar surface area (TPSA) is 81.5 Å². The lowest BCUT2D eigenvalue weighted by Crippen LogP contribution is -2.40. The summed E-state index contributed by atoms with van der Waals surface area (Å²) in [5.74, 6) is 0.132. The molecule has 25 heavy (non-hydrogen) atoms. The molecule has 0 radical (unpaired) electrons. The summed E-state index contributed by atoms with van der Waals surface area (Å²) in [5, 5.41) is 6.48. The van der Waals surface area contributed by atoms with Gasteiger partial charge in [-0.2, -0.15) is 5.10 Å². The molecule has 134 valence electrons. The van der Waals surface area contributed by atoms with Crippen LogP contribution in [0, 0.1) is 0 Å². The van der Waals surface area contributed by atoms with Crippen LogP contribution in [-0.2, 0) is 14.6 Å². The Kier molecular flexibility index (Phi) is 4.38. The van der Waals surface area contributed by atoms with Gasteiger partial charge in [0.05, 0.1) is 41.3 Å². The Balaban J connectivity index is 1.70. The largest absolute Gasteiger partial charge is 0.378 e. The van der Waals surface area contributed by atoms with Crippen molar-refractivity contribution in [2.24, 2.45) is 0 Å². The average molecular weight is 381 g/mol. The van der Waals surface area contributed by atoms with Crippen LogP contribution in [0.1, 0.15) is 23.0 Å². The number of aromatic nitrogens is 2. The van der Waals surface area contributed by atoms with Gasteiger partial charge in [0, 0.05) is 13.1 Å². The SMILES string of the molecule is O=C(c1cc(-c2cccs2)n(C2CCS(=O)(=O)C2)n1)N1CCOCC1. The van der Waals surface area contributed by atoms with Crippen molar-refractivity contribution in [3.8, 4) is 10.6 Å². The van der Waals surface area contributed by atoms with Gasteiger partial charge in [-0.1, -0.05) is 6.07 Å². The molecule has 4 rings (SSSR count). The Morgan fingerprint density at radius 3 is 2.76 bits per heavy atom. The first-order chi connectivity index (χ1) is 12.0. The molecule has 9 heteroatoms. The third kappa shape index (κ3) is 3.36. The van der Waals surface area contributed by atoms with Crippen LogP contribution in [0.2, 0.25) is 0 Å². The van der Waals surface area contributed by atoms with E-state index in [0.717, 1.165) is 10.6 Å². The zero-order valence-corrected chi connectivity index (χ0v) is 15.3. The zero-order valence-electron chi connectivity index (χ0n) is 13.6. The normalized spacial score (nSPS) is 23.0. The molecule has 0 aliphatic carbocycles. The van der Waals surface area contributed by atoms with Crippen molar-refractivity contribution in [1.29, 1.82) is 0 Å². The summed E-state index contributed by atoms with van der Waals surface area (Å²) >= 11 is 1.55. The van der Waals surface area contributed by atoms with E-state index in [1.807, 2.05) is 17.5 Å². The maximum Gasteiger partial charge on any atom is 0.274 e. The van der Waals surface area contributed by atoms with Gasteiger partial charge in [0.2, 0.25) is 0 Å². The lowest BCUT2D eigenvalue weighted by molar-refractivity contribution is 0.0298. The van der Waals surface area contributed by atoms with E-state index < -0.39 is 9.84 Å². The second-order valence-electron chi connectivity index (χ2n) is 6.30. The number of thiophene rings is 1. The molecule has 0 saturated carbocycles. The van der Waals surface area contributed by atoms with Gasteiger partial charge in [-0.15, -0.1) is 11.3 Å². The monoisotopic (exact) mass is 381 g/mol. The van der Waals surface area contributed by atoms with Crippen molar-refractivity contribution in [1.82, 2.24) is 14.7 Å². The van der Waals surface area contributed by atoms with Gasteiger partial charge in [-0.25, -0.2) is 8.42 Å². The van der Waals surface area contributed by atoms with Crippen molar-refractivity contribution in [3.63, 3.8) is 0 Å². The highest BCUT2D eigenvalue weighted by molar-refractivity contribution is 7.91. The Bertz CT molecular complexity index is 867. The van der Waals surface area contributed by atoms with Gasteiger partial charge in [-0.05, 0) is 23.9 Å². The summed E-state index contributed by atoms with van der Waals surface area (Å²) in [6.45, 7) is 2.17. The van der Waals surface area contributed by atoms with Crippen LogP contribution in [-0.4, -0.2) is 66.8 Å². The van der Waals surface area contributed by atoms with Crippen LogP contribution in [0.5, 0.6) is 0 Å². The average Bonchev–Trinajstić information content (AvgIpc) is 3.33. The number of ether oxygens (including phenoxy) is 1. The molecule has 0 aromatic carbocycles. The Morgan fingerprint density at radius 2 is 2.12 bits per heavy atom. The molecule has 2 aromatic heterocycles. The minimum Gasteiger partial charge on any atom is -0.378 e. The molecule has 1 amide bonds. The highest BCUT2D eigenvalue weighted by Crippen LogP contribution is 2.32. The van der Waals surface area contributed by atoms with Gasteiger partial charge < -0.3 is 9.64 Å². The fourth-order valence-corrected chi connectivity index (χ4v) is 5.71. The van der Waals surface area contributed by atoms with Crippen molar-refractivity contribution >= 4 is 27.1 Å². The molecule has 2 saturated heterocycles. The minimum absolute atomic E-state index is 0.0816. The first-order valence-corrected chi connectivity index (χ1v) is 10.9. The second-order valence-corrected chi connectivity index (χ2v) is 9.47. The molecular weight excluding hydrogens is 362 g/mol. The van der Waals surface area contributed by atoms with Crippen molar-refractivity contribution < 1.29 is 17.9 Å². The third-order valence-electron chi connectivity index (χ3n) is 4.58. The minimum atomic E-state index is -3.03. The first kappa shape index (κ1) is 16.7. The van der Waals surface area contributed by atoms with E-state index in [-0.39, 0.29) is 23.5 Å². The molecule has 1 atom stereocenters. The van der Waals surface area contributed by atoms with Gasteiger partial charge >= 0.3 is 0 Å². The summed E-state index contributed by atoms with van der Waals surface area (Å²) in [5.41, 5.74) is 1.18. The molecule has 0 bridgehead atoms. The number of hydrogen-bond acceptors (Lipinski definition) is 6. The van der Waals surface area contributed by atoms with E-state index in [0.29, 0.717) is 38.4 Å². The third-order valence-corrected chi connectivity index (χ3v) is 7.22. The fourth-order valence-electron chi connectivity index (χ4n) is 3.28. The Labute approximate surface area is 150 Å². The van der Waals surface area contributed by atoms with Crippen molar-refractivity contribution in [3.05, 3.63) is 29.3 Å². The van der Waals surface area contributed by atoms with Gasteiger partial charge in [0.1, 0.15) is 0 Å².